The first-order valence-corrected chi connectivity index (χ1v) is 7.27. The standard InChI is InChI=1S/C14H16Cl2FNO2/c1-8(10-6-13(17)12(16)7-11(10)15)18-14(19)9-2-4-20-5-3-9/h6-9H,2-5H2,1H3,(H,18,19)/t8-/m0/s1. The number of carbonyl (C=O) groups excluding carboxylic acids is 1. The zero-order valence-electron chi connectivity index (χ0n) is 11.1. The number of amides is 1. The first-order chi connectivity index (χ1) is 9.49. The molecule has 1 amide bonds. The molecule has 20 heavy (non-hydrogen) atoms. The number of nitrogens with one attached hydrogen (secondary N) is 1. The van der Waals surface area contributed by atoms with Crippen molar-refractivity contribution in [3.8, 4) is 0 Å². The second-order valence-corrected chi connectivity index (χ2v) is 5.72. The summed E-state index contributed by atoms with van der Waals surface area (Å²) in [5.74, 6) is -0.646. The van der Waals surface area contributed by atoms with E-state index in [0.29, 0.717) is 36.6 Å². The molecule has 1 N–H and O–H groups in total. The highest BCUT2D eigenvalue weighted by molar-refractivity contribution is 6.35. The van der Waals surface area contributed by atoms with Crippen LogP contribution in [-0.2, 0) is 9.53 Å². The number of halogens is 3. The molecule has 1 atom stereocenters. The minimum Gasteiger partial charge on any atom is -0.381 e. The molecule has 0 aliphatic carbocycles. The third-order valence-electron chi connectivity index (χ3n) is 3.46. The van der Waals surface area contributed by atoms with E-state index in [1.807, 2.05) is 0 Å². The van der Waals surface area contributed by atoms with Gasteiger partial charge >= 0.3 is 0 Å². The molecule has 1 aromatic rings. The van der Waals surface area contributed by atoms with Crippen LogP contribution in [-0.4, -0.2) is 19.1 Å². The van der Waals surface area contributed by atoms with Gasteiger partial charge in [-0.15, -0.1) is 0 Å². The average molecular weight is 320 g/mol. The lowest BCUT2D eigenvalue weighted by atomic mass is 9.98. The smallest absolute Gasteiger partial charge is 0.223 e. The highest BCUT2D eigenvalue weighted by Gasteiger charge is 2.24. The van der Waals surface area contributed by atoms with Crippen molar-refractivity contribution in [1.29, 1.82) is 0 Å². The van der Waals surface area contributed by atoms with Crippen LogP contribution in [0.2, 0.25) is 10.0 Å². The topological polar surface area (TPSA) is 38.3 Å². The molecule has 1 aliphatic rings. The SMILES string of the molecule is C[C@H](NC(=O)C1CCOCC1)c1cc(F)c(Cl)cc1Cl. The summed E-state index contributed by atoms with van der Waals surface area (Å²) in [4.78, 5) is 12.1. The zero-order chi connectivity index (χ0) is 14.7. The molecule has 1 aromatic carbocycles. The molecule has 6 heteroatoms. The molecular formula is C14H16Cl2FNO2. The number of ether oxygens (including phenoxy) is 1. The Labute approximate surface area is 127 Å². The third-order valence-corrected chi connectivity index (χ3v) is 4.07. The average Bonchev–Trinajstić information content (AvgIpc) is 2.43. The van der Waals surface area contributed by atoms with Crippen LogP contribution >= 0.6 is 23.2 Å². The Bertz CT molecular complexity index is 504. The van der Waals surface area contributed by atoms with Gasteiger partial charge in [-0.2, -0.15) is 0 Å². The summed E-state index contributed by atoms with van der Waals surface area (Å²) in [7, 11) is 0. The monoisotopic (exact) mass is 319 g/mol. The molecule has 0 saturated carbocycles. The van der Waals surface area contributed by atoms with Gasteiger partial charge in [-0.3, -0.25) is 4.79 Å². The summed E-state index contributed by atoms with van der Waals surface area (Å²) in [5, 5.41) is 3.18. The summed E-state index contributed by atoms with van der Waals surface area (Å²) >= 11 is 11.7. The molecule has 1 heterocycles. The first kappa shape index (κ1) is 15.5. The molecule has 1 fully saturated rings. The van der Waals surface area contributed by atoms with Crippen LogP contribution in [0.25, 0.3) is 0 Å². The molecule has 0 aromatic heterocycles. The van der Waals surface area contributed by atoms with Gasteiger partial charge in [0.05, 0.1) is 11.1 Å². The highest BCUT2D eigenvalue weighted by atomic mass is 35.5. The van der Waals surface area contributed by atoms with Crippen molar-refractivity contribution < 1.29 is 13.9 Å². The Morgan fingerprint density at radius 2 is 2.00 bits per heavy atom. The van der Waals surface area contributed by atoms with Gasteiger partial charge < -0.3 is 10.1 Å². The van der Waals surface area contributed by atoms with Gasteiger partial charge in [-0.1, -0.05) is 23.2 Å². The maximum atomic E-state index is 13.5. The Balaban J connectivity index is 2.05. The fourth-order valence-electron chi connectivity index (χ4n) is 2.24. The number of benzene rings is 1. The van der Waals surface area contributed by atoms with E-state index in [2.05, 4.69) is 5.32 Å². The maximum absolute atomic E-state index is 13.5. The second kappa shape index (κ2) is 6.74. The summed E-state index contributed by atoms with van der Waals surface area (Å²) in [6, 6.07) is 2.24. The Kier molecular flexibility index (Phi) is 5.24. The van der Waals surface area contributed by atoms with E-state index in [9.17, 15) is 9.18 Å². The normalized spacial score (nSPS) is 17.8. The van der Waals surface area contributed by atoms with Crippen molar-refractivity contribution in [2.24, 2.45) is 5.92 Å². The van der Waals surface area contributed by atoms with Gasteiger partial charge in [-0.05, 0) is 37.5 Å². The van der Waals surface area contributed by atoms with E-state index < -0.39 is 5.82 Å². The van der Waals surface area contributed by atoms with Crippen LogP contribution in [0.3, 0.4) is 0 Å². The van der Waals surface area contributed by atoms with E-state index in [1.165, 1.54) is 12.1 Å². The lowest BCUT2D eigenvalue weighted by Crippen LogP contribution is -2.35. The van der Waals surface area contributed by atoms with Crippen LogP contribution in [0, 0.1) is 11.7 Å². The van der Waals surface area contributed by atoms with Crippen LogP contribution in [0.4, 0.5) is 4.39 Å². The predicted molar refractivity (Wildman–Crippen MR) is 76.5 cm³/mol. The molecule has 0 bridgehead atoms. The van der Waals surface area contributed by atoms with E-state index in [1.54, 1.807) is 6.92 Å². The molecule has 3 nitrogen and oxygen atoms in total. The third kappa shape index (κ3) is 3.62. The Hall–Kier alpha value is -0.840. The van der Waals surface area contributed by atoms with E-state index >= 15 is 0 Å². The molecule has 0 unspecified atom stereocenters. The lowest BCUT2D eigenvalue weighted by molar-refractivity contribution is -0.128. The van der Waals surface area contributed by atoms with E-state index in [-0.39, 0.29) is 22.9 Å². The Morgan fingerprint density at radius 3 is 2.65 bits per heavy atom. The van der Waals surface area contributed by atoms with Crippen molar-refractivity contribution in [2.45, 2.75) is 25.8 Å². The lowest BCUT2D eigenvalue weighted by Gasteiger charge is -2.24. The van der Waals surface area contributed by atoms with Gasteiger partial charge in [0, 0.05) is 24.2 Å². The van der Waals surface area contributed by atoms with Crippen molar-refractivity contribution in [1.82, 2.24) is 5.32 Å². The summed E-state index contributed by atoms with van der Waals surface area (Å²) in [5.41, 5.74) is 0.522. The fraction of sp³-hybridized carbons (Fsp3) is 0.500. The van der Waals surface area contributed by atoms with Crippen LogP contribution in [0.15, 0.2) is 12.1 Å². The second-order valence-electron chi connectivity index (χ2n) is 4.90. The van der Waals surface area contributed by atoms with E-state index in [4.69, 9.17) is 27.9 Å². The minimum atomic E-state index is -0.543. The predicted octanol–water partition coefficient (Wildman–Crippen LogP) is 3.74. The number of carbonyl (C=O) groups is 1. The minimum absolute atomic E-state index is 0.0262. The molecule has 1 saturated heterocycles. The first-order valence-electron chi connectivity index (χ1n) is 6.51. The fourth-order valence-corrected chi connectivity index (χ4v) is 2.79. The van der Waals surface area contributed by atoms with Gasteiger partial charge in [0.25, 0.3) is 0 Å². The summed E-state index contributed by atoms with van der Waals surface area (Å²) in [6.07, 6.45) is 1.42. The maximum Gasteiger partial charge on any atom is 0.223 e. The highest BCUT2D eigenvalue weighted by Crippen LogP contribution is 2.29. The number of hydrogen-bond donors (Lipinski definition) is 1. The van der Waals surface area contributed by atoms with Crippen molar-refractivity contribution in [3.05, 3.63) is 33.6 Å². The molecule has 110 valence electrons. The number of rotatable bonds is 3. The molecular weight excluding hydrogens is 304 g/mol. The van der Waals surface area contributed by atoms with Crippen LogP contribution in [0.5, 0.6) is 0 Å². The summed E-state index contributed by atoms with van der Waals surface area (Å²) < 4.78 is 18.7. The zero-order valence-corrected chi connectivity index (χ0v) is 12.6. The molecule has 0 radical (unpaired) electrons. The molecule has 2 rings (SSSR count). The quantitative estimate of drug-likeness (QED) is 0.862. The van der Waals surface area contributed by atoms with Crippen LogP contribution < -0.4 is 5.32 Å². The van der Waals surface area contributed by atoms with Gasteiger partial charge in [0.2, 0.25) is 5.91 Å². The molecule has 0 spiro atoms. The van der Waals surface area contributed by atoms with Crippen molar-refractivity contribution in [3.63, 3.8) is 0 Å². The van der Waals surface area contributed by atoms with Gasteiger partial charge in [0.1, 0.15) is 5.82 Å². The molecule has 1 aliphatic heterocycles. The largest absolute Gasteiger partial charge is 0.381 e. The van der Waals surface area contributed by atoms with Gasteiger partial charge in [-0.25, -0.2) is 4.39 Å². The van der Waals surface area contributed by atoms with Crippen LogP contribution in [0.1, 0.15) is 31.4 Å². The van der Waals surface area contributed by atoms with Gasteiger partial charge in [0.15, 0.2) is 0 Å². The van der Waals surface area contributed by atoms with E-state index in [0.717, 1.165) is 0 Å². The van der Waals surface area contributed by atoms with Crippen molar-refractivity contribution in [2.75, 3.05) is 13.2 Å². The Morgan fingerprint density at radius 1 is 1.35 bits per heavy atom. The summed E-state index contributed by atoms with van der Waals surface area (Å²) in [6.45, 7) is 2.97. The van der Waals surface area contributed by atoms with Crippen molar-refractivity contribution >= 4 is 29.1 Å². The number of hydrogen-bond acceptors (Lipinski definition) is 2.